The molecule has 4 heteroatoms. The van der Waals surface area contributed by atoms with Crippen molar-refractivity contribution in [1.82, 2.24) is 9.88 Å². The summed E-state index contributed by atoms with van der Waals surface area (Å²) in [5, 5.41) is 0. The number of alkyl halides is 1. The molecule has 0 N–H and O–H groups in total. The van der Waals surface area contributed by atoms with Crippen LogP contribution in [0.2, 0.25) is 0 Å². The van der Waals surface area contributed by atoms with E-state index in [0.29, 0.717) is 5.88 Å². The molecule has 1 aromatic rings. The third-order valence-corrected chi connectivity index (χ3v) is 3.76. The first-order valence-electron chi connectivity index (χ1n) is 6.52. The van der Waals surface area contributed by atoms with Crippen molar-refractivity contribution < 1.29 is 0 Å². The maximum absolute atomic E-state index is 5.83. The monoisotopic (exact) mass is 267 g/mol. The second-order valence-corrected chi connectivity index (χ2v) is 6.03. The van der Waals surface area contributed by atoms with Crippen LogP contribution in [0.4, 0.5) is 5.82 Å². The quantitative estimate of drug-likeness (QED) is 0.768. The third-order valence-electron chi connectivity index (χ3n) is 3.48. The Balaban J connectivity index is 2.01. The zero-order valence-corrected chi connectivity index (χ0v) is 12.2. The zero-order valence-electron chi connectivity index (χ0n) is 11.5. The highest BCUT2D eigenvalue weighted by Crippen LogP contribution is 2.19. The van der Waals surface area contributed by atoms with E-state index in [1.807, 2.05) is 12.1 Å². The smallest absolute Gasteiger partial charge is 0.128 e. The Hall–Kier alpha value is -0.800. The largest absolute Gasteiger partial charge is 0.354 e. The van der Waals surface area contributed by atoms with Gasteiger partial charge in [-0.25, -0.2) is 4.98 Å². The van der Waals surface area contributed by atoms with Crippen LogP contribution in [-0.2, 0) is 5.88 Å². The molecule has 100 valence electrons. The first kappa shape index (κ1) is 13.6. The number of pyridine rings is 1. The fourth-order valence-corrected chi connectivity index (χ4v) is 2.47. The number of hydrogen-bond acceptors (Lipinski definition) is 3. The third kappa shape index (κ3) is 3.15. The topological polar surface area (TPSA) is 19.4 Å². The summed E-state index contributed by atoms with van der Waals surface area (Å²) >= 11 is 5.83. The summed E-state index contributed by atoms with van der Waals surface area (Å²) < 4.78 is 0. The molecule has 0 atom stereocenters. The van der Waals surface area contributed by atoms with Gasteiger partial charge < -0.3 is 4.90 Å². The van der Waals surface area contributed by atoms with E-state index in [-0.39, 0.29) is 5.54 Å². The van der Waals surface area contributed by atoms with Crippen molar-refractivity contribution in [1.29, 1.82) is 0 Å². The van der Waals surface area contributed by atoms with E-state index in [1.165, 1.54) is 0 Å². The van der Waals surface area contributed by atoms with Gasteiger partial charge in [0.25, 0.3) is 0 Å². The van der Waals surface area contributed by atoms with Crippen molar-refractivity contribution >= 4 is 17.4 Å². The second-order valence-electron chi connectivity index (χ2n) is 5.77. The molecule has 2 heterocycles. The fourth-order valence-electron chi connectivity index (χ4n) is 2.32. The Morgan fingerprint density at radius 3 is 2.39 bits per heavy atom. The maximum Gasteiger partial charge on any atom is 0.128 e. The van der Waals surface area contributed by atoms with E-state index in [4.69, 9.17) is 11.6 Å². The Morgan fingerprint density at radius 1 is 1.17 bits per heavy atom. The molecule has 0 saturated carbocycles. The van der Waals surface area contributed by atoms with Crippen LogP contribution < -0.4 is 4.90 Å². The summed E-state index contributed by atoms with van der Waals surface area (Å²) in [5.74, 6) is 1.54. The average Bonchev–Trinajstić information content (AvgIpc) is 2.38. The van der Waals surface area contributed by atoms with E-state index in [2.05, 4.69) is 41.6 Å². The van der Waals surface area contributed by atoms with Gasteiger partial charge in [0.15, 0.2) is 0 Å². The summed E-state index contributed by atoms with van der Waals surface area (Å²) in [6.45, 7) is 11.1. The highest BCUT2D eigenvalue weighted by Gasteiger charge is 2.26. The maximum atomic E-state index is 5.83. The van der Waals surface area contributed by atoms with Gasteiger partial charge in [-0.05, 0) is 32.9 Å². The summed E-state index contributed by atoms with van der Waals surface area (Å²) in [5.41, 5.74) is 1.21. The molecule has 18 heavy (non-hydrogen) atoms. The van der Waals surface area contributed by atoms with Crippen molar-refractivity contribution in [2.24, 2.45) is 0 Å². The molecule has 1 fully saturated rings. The Morgan fingerprint density at radius 2 is 1.83 bits per heavy atom. The number of piperazine rings is 1. The fraction of sp³-hybridized carbons (Fsp3) is 0.643. The van der Waals surface area contributed by atoms with Gasteiger partial charge in [0, 0.05) is 31.7 Å². The molecule has 0 aliphatic carbocycles. The molecule has 2 rings (SSSR count). The number of anilines is 1. The molecule has 0 aromatic carbocycles. The van der Waals surface area contributed by atoms with Crippen molar-refractivity contribution in [2.45, 2.75) is 32.2 Å². The van der Waals surface area contributed by atoms with E-state index < -0.39 is 0 Å². The van der Waals surface area contributed by atoms with Gasteiger partial charge >= 0.3 is 0 Å². The summed E-state index contributed by atoms with van der Waals surface area (Å²) in [6.07, 6.45) is 0. The van der Waals surface area contributed by atoms with Gasteiger partial charge in [0.1, 0.15) is 5.82 Å². The minimum Gasteiger partial charge on any atom is -0.354 e. The van der Waals surface area contributed by atoms with Crippen LogP contribution in [0, 0.1) is 0 Å². The van der Waals surface area contributed by atoms with Crippen LogP contribution in [0.5, 0.6) is 0 Å². The lowest BCUT2D eigenvalue weighted by atomic mass is 10.1. The van der Waals surface area contributed by atoms with Gasteiger partial charge in [-0.2, -0.15) is 0 Å². The number of aromatic nitrogens is 1. The van der Waals surface area contributed by atoms with Crippen molar-refractivity contribution in [3.8, 4) is 0 Å². The van der Waals surface area contributed by atoms with E-state index in [0.717, 1.165) is 37.7 Å². The van der Waals surface area contributed by atoms with E-state index in [9.17, 15) is 0 Å². The minimum atomic E-state index is 0.261. The lowest BCUT2D eigenvalue weighted by molar-refractivity contribution is 0.128. The molecular formula is C14H22ClN3. The van der Waals surface area contributed by atoms with Crippen LogP contribution in [0.3, 0.4) is 0 Å². The normalized spacial score (nSPS) is 18.1. The molecule has 0 unspecified atom stereocenters. The summed E-state index contributed by atoms with van der Waals surface area (Å²) in [4.78, 5) is 9.45. The summed E-state index contributed by atoms with van der Waals surface area (Å²) in [6, 6.07) is 6.08. The predicted molar refractivity (Wildman–Crippen MR) is 77.3 cm³/mol. The SMILES string of the molecule is CC(C)(C)N1CCN(c2cccc(CCl)n2)CC1. The number of nitrogens with zero attached hydrogens (tertiary/aromatic N) is 3. The van der Waals surface area contributed by atoms with Crippen molar-refractivity contribution in [3.05, 3.63) is 23.9 Å². The van der Waals surface area contributed by atoms with Crippen LogP contribution >= 0.6 is 11.6 Å². The van der Waals surface area contributed by atoms with Crippen molar-refractivity contribution in [2.75, 3.05) is 31.1 Å². The highest BCUT2D eigenvalue weighted by molar-refractivity contribution is 6.16. The molecule has 0 radical (unpaired) electrons. The molecule has 0 spiro atoms. The molecular weight excluding hydrogens is 246 g/mol. The van der Waals surface area contributed by atoms with Gasteiger partial charge in [0.05, 0.1) is 11.6 Å². The first-order chi connectivity index (χ1) is 8.50. The van der Waals surface area contributed by atoms with Crippen molar-refractivity contribution in [3.63, 3.8) is 0 Å². The Labute approximate surface area is 115 Å². The molecule has 1 aromatic heterocycles. The molecule has 0 amide bonds. The lowest BCUT2D eigenvalue weighted by Gasteiger charge is -2.42. The van der Waals surface area contributed by atoms with Gasteiger partial charge in [0.2, 0.25) is 0 Å². The van der Waals surface area contributed by atoms with Crippen LogP contribution in [-0.4, -0.2) is 41.6 Å². The standard InChI is InChI=1S/C14H22ClN3/c1-14(2,3)18-9-7-17(8-10-18)13-6-4-5-12(11-15)16-13/h4-6H,7-11H2,1-3H3. The van der Waals surface area contributed by atoms with Crippen LogP contribution in [0.1, 0.15) is 26.5 Å². The molecule has 1 saturated heterocycles. The Kier molecular flexibility index (Phi) is 4.13. The number of rotatable bonds is 2. The minimum absolute atomic E-state index is 0.261. The first-order valence-corrected chi connectivity index (χ1v) is 7.06. The van der Waals surface area contributed by atoms with Gasteiger partial charge in [-0.3, -0.25) is 4.90 Å². The molecule has 3 nitrogen and oxygen atoms in total. The van der Waals surface area contributed by atoms with Crippen LogP contribution in [0.15, 0.2) is 18.2 Å². The Bertz CT molecular complexity index is 392. The zero-order chi connectivity index (χ0) is 13.2. The number of hydrogen-bond donors (Lipinski definition) is 0. The van der Waals surface area contributed by atoms with Gasteiger partial charge in [-0.15, -0.1) is 11.6 Å². The van der Waals surface area contributed by atoms with Crippen LogP contribution in [0.25, 0.3) is 0 Å². The second kappa shape index (κ2) is 5.45. The lowest BCUT2D eigenvalue weighted by Crippen LogP contribution is -2.53. The number of halogens is 1. The average molecular weight is 268 g/mol. The van der Waals surface area contributed by atoms with E-state index >= 15 is 0 Å². The molecule has 0 bridgehead atoms. The van der Waals surface area contributed by atoms with E-state index in [1.54, 1.807) is 0 Å². The van der Waals surface area contributed by atoms with Gasteiger partial charge in [-0.1, -0.05) is 6.07 Å². The summed E-state index contributed by atoms with van der Waals surface area (Å²) in [7, 11) is 0. The highest BCUT2D eigenvalue weighted by atomic mass is 35.5. The molecule has 1 aliphatic heterocycles. The molecule has 1 aliphatic rings. The predicted octanol–water partition coefficient (Wildman–Crippen LogP) is 2.74.